The van der Waals surface area contributed by atoms with E-state index >= 15 is 0 Å². The van der Waals surface area contributed by atoms with Crippen molar-refractivity contribution in [3.8, 4) is 0 Å². The molecule has 18 heavy (non-hydrogen) atoms. The van der Waals surface area contributed by atoms with E-state index in [0.717, 1.165) is 18.5 Å². The van der Waals surface area contributed by atoms with E-state index in [9.17, 15) is 0 Å². The van der Waals surface area contributed by atoms with E-state index in [4.69, 9.17) is 0 Å². The lowest BCUT2D eigenvalue weighted by atomic mass is 9.93. The summed E-state index contributed by atoms with van der Waals surface area (Å²) in [6, 6.07) is 7.54. The van der Waals surface area contributed by atoms with Gasteiger partial charge in [-0.2, -0.15) is 0 Å². The molecule has 2 atom stereocenters. The maximum absolute atomic E-state index is 3.63. The number of benzene rings is 1. The molecule has 0 spiro atoms. The van der Waals surface area contributed by atoms with Gasteiger partial charge in [-0.1, -0.05) is 28.1 Å². The molecule has 1 aromatic rings. The van der Waals surface area contributed by atoms with Crippen LogP contribution in [0.25, 0.3) is 0 Å². The van der Waals surface area contributed by atoms with E-state index in [0.29, 0.717) is 0 Å². The van der Waals surface area contributed by atoms with Gasteiger partial charge < -0.3 is 5.32 Å². The fourth-order valence-electron chi connectivity index (χ4n) is 3.26. The minimum atomic E-state index is 0.797. The summed E-state index contributed by atoms with van der Waals surface area (Å²) in [5.41, 5.74) is 2.74. The second kappa shape index (κ2) is 5.32. The molecule has 3 heteroatoms. The molecule has 0 aliphatic carbocycles. The molecule has 2 aliphatic rings. The van der Waals surface area contributed by atoms with E-state index < -0.39 is 0 Å². The van der Waals surface area contributed by atoms with Gasteiger partial charge in [-0.3, -0.25) is 4.90 Å². The first-order valence-corrected chi connectivity index (χ1v) is 7.72. The van der Waals surface area contributed by atoms with Crippen molar-refractivity contribution in [1.82, 2.24) is 10.2 Å². The molecule has 0 amide bonds. The Kier molecular flexibility index (Phi) is 3.73. The van der Waals surface area contributed by atoms with Crippen molar-refractivity contribution in [2.75, 3.05) is 19.6 Å². The summed E-state index contributed by atoms with van der Waals surface area (Å²) in [6.07, 6.45) is 2.68. The van der Waals surface area contributed by atoms with Crippen molar-refractivity contribution >= 4 is 15.9 Å². The number of nitrogens with one attached hydrogen (secondary N) is 1. The molecule has 2 heterocycles. The number of fused-ring (bicyclic) bond motifs is 1. The first-order valence-electron chi connectivity index (χ1n) is 6.93. The average molecular weight is 309 g/mol. The van der Waals surface area contributed by atoms with Gasteiger partial charge in [0.15, 0.2) is 0 Å². The summed E-state index contributed by atoms with van der Waals surface area (Å²) in [5.74, 6) is 0.882. The maximum Gasteiger partial charge on any atom is 0.0234 e. The molecule has 1 aromatic carbocycles. The van der Waals surface area contributed by atoms with Gasteiger partial charge in [0.2, 0.25) is 0 Å². The lowest BCUT2D eigenvalue weighted by Gasteiger charge is -2.34. The largest absolute Gasteiger partial charge is 0.314 e. The first-order chi connectivity index (χ1) is 8.72. The highest BCUT2D eigenvalue weighted by Crippen LogP contribution is 2.26. The van der Waals surface area contributed by atoms with E-state index in [1.807, 2.05) is 0 Å². The van der Waals surface area contributed by atoms with Gasteiger partial charge in [0.05, 0.1) is 0 Å². The van der Waals surface area contributed by atoms with E-state index in [1.54, 1.807) is 0 Å². The molecular weight excluding hydrogens is 288 g/mol. The zero-order valence-corrected chi connectivity index (χ0v) is 12.5. The van der Waals surface area contributed by atoms with Gasteiger partial charge in [-0.15, -0.1) is 0 Å². The Hall–Kier alpha value is -0.380. The van der Waals surface area contributed by atoms with Crippen molar-refractivity contribution in [3.05, 3.63) is 33.8 Å². The Morgan fingerprint density at radius 3 is 3.11 bits per heavy atom. The zero-order chi connectivity index (χ0) is 12.5. The summed E-state index contributed by atoms with van der Waals surface area (Å²) in [6.45, 7) is 6.97. The fraction of sp³-hybridized carbons (Fsp3) is 0.600. The van der Waals surface area contributed by atoms with E-state index in [1.165, 1.54) is 48.1 Å². The average Bonchev–Trinajstić information content (AvgIpc) is 2.81. The molecular formula is C15H21BrN2. The highest BCUT2D eigenvalue weighted by Gasteiger charge is 2.32. The first kappa shape index (κ1) is 12.6. The van der Waals surface area contributed by atoms with Crippen LogP contribution < -0.4 is 5.32 Å². The van der Waals surface area contributed by atoms with Crippen LogP contribution in [0.5, 0.6) is 0 Å². The number of piperidine rings is 1. The summed E-state index contributed by atoms with van der Waals surface area (Å²) in [7, 11) is 0. The van der Waals surface area contributed by atoms with E-state index in [2.05, 4.69) is 51.3 Å². The van der Waals surface area contributed by atoms with Gasteiger partial charge in [-0.05, 0) is 56.0 Å². The van der Waals surface area contributed by atoms with Gasteiger partial charge in [0, 0.05) is 23.6 Å². The predicted octanol–water partition coefficient (Wildman–Crippen LogP) is 2.94. The van der Waals surface area contributed by atoms with Crippen LogP contribution in [0, 0.1) is 12.8 Å². The Morgan fingerprint density at radius 1 is 1.39 bits per heavy atom. The molecule has 2 fully saturated rings. The quantitative estimate of drug-likeness (QED) is 0.903. The number of rotatable bonds is 2. The van der Waals surface area contributed by atoms with Crippen LogP contribution in [0.3, 0.4) is 0 Å². The van der Waals surface area contributed by atoms with Crippen LogP contribution in [-0.2, 0) is 6.54 Å². The lowest BCUT2D eigenvalue weighted by molar-refractivity contribution is 0.156. The molecule has 1 N–H and O–H groups in total. The van der Waals surface area contributed by atoms with Crippen molar-refractivity contribution in [3.63, 3.8) is 0 Å². The highest BCUT2D eigenvalue weighted by molar-refractivity contribution is 9.10. The van der Waals surface area contributed by atoms with Crippen LogP contribution in [0.1, 0.15) is 24.0 Å². The van der Waals surface area contributed by atoms with Crippen LogP contribution in [0.4, 0.5) is 0 Å². The molecule has 0 radical (unpaired) electrons. The van der Waals surface area contributed by atoms with Gasteiger partial charge in [0.1, 0.15) is 0 Å². The monoisotopic (exact) mass is 308 g/mol. The molecule has 2 unspecified atom stereocenters. The maximum atomic E-state index is 3.63. The lowest BCUT2D eigenvalue weighted by Crippen LogP contribution is -2.43. The minimum Gasteiger partial charge on any atom is -0.314 e. The van der Waals surface area contributed by atoms with Crippen molar-refractivity contribution in [1.29, 1.82) is 0 Å². The molecule has 2 saturated heterocycles. The summed E-state index contributed by atoms with van der Waals surface area (Å²) in [4.78, 5) is 2.62. The molecule has 98 valence electrons. The van der Waals surface area contributed by atoms with Crippen molar-refractivity contribution < 1.29 is 0 Å². The number of nitrogens with zero attached hydrogens (tertiary/aromatic N) is 1. The zero-order valence-electron chi connectivity index (χ0n) is 11.0. The van der Waals surface area contributed by atoms with Crippen LogP contribution in [0.15, 0.2) is 22.7 Å². The molecule has 0 saturated carbocycles. The van der Waals surface area contributed by atoms with Crippen LogP contribution in [0.2, 0.25) is 0 Å². The Labute approximate surface area is 118 Å². The van der Waals surface area contributed by atoms with Crippen LogP contribution in [-0.4, -0.2) is 30.6 Å². The normalized spacial score (nSPS) is 28.3. The topological polar surface area (TPSA) is 15.3 Å². The van der Waals surface area contributed by atoms with Gasteiger partial charge in [0.25, 0.3) is 0 Å². The van der Waals surface area contributed by atoms with Crippen molar-refractivity contribution in [2.45, 2.75) is 32.4 Å². The van der Waals surface area contributed by atoms with Gasteiger partial charge in [-0.25, -0.2) is 0 Å². The summed E-state index contributed by atoms with van der Waals surface area (Å²) in [5, 5.41) is 3.63. The standard InChI is InChI=1S/C15H21BrN2/c1-11-2-3-12(8-14(11)16)9-18-7-5-15-13(10-18)4-6-17-15/h2-3,8,13,15,17H,4-7,9-10H2,1H3. The smallest absolute Gasteiger partial charge is 0.0234 e. The number of aryl methyl sites for hydroxylation is 1. The SMILES string of the molecule is Cc1ccc(CN2CCC3NCCC3C2)cc1Br. The molecule has 0 aromatic heterocycles. The predicted molar refractivity (Wildman–Crippen MR) is 78.7 cm³/mol. The number of halogens is 1. The summed E-state index contributed by atoms with van der Waals surface area (Å²) < 4.78 is 1.23. The molecule has 2 aliphatic heterocycles. The number of hydrogen-bond donors (Lipinski definition) is 1. The van der Waals surface area contributed by atoms with Crippen LogP contribution >= 0.6 is 15.9 Å². The Balaban J connectivity index is 1.64. The molecule has 2 nitrogen and oxygen atoms in total. The fourth-order valence-corrected chi connectivity index (χ4v) is 3.69. The van der Waals surface area contributed by atoms with Crippen molar-refractivity contribution in [2.24, 2.45) is 5.92 Å². The Bertz CT molecular complexity index is 433. The highest BCUT2D eigenvalue weighted by atomic mass is 79.9. The van der Waals surface area contributed by atoms with Gasteiger partial charge >= 0.3 is 0 Å². The second-order valence-electron chi connectivity index (χ2n) is 5.72. The summed E-state index contributed by atoms with van der Waals surface area (Å²) >= 11 is 3.63. The third kappa shape index (κ3) is 2.63. The Morgan fingerprint density at radius 2 is 2.28 bits per heavy atom. The van der Waals surface area contributed by atoms with E-state index in [-0.39, 0.29) is 0 Å². The molecule has 3 rings (SSSR count). The second-order valence-corrected chi connectivity index (χ2v) is 6.57. The third-order valence-electron chi connectivity index (χ3n) is 4.38. The number of hydrogen-bond acceptors (Lipinski definition) is 2. The molecule has 0 bridgehead atoms. The minimum absolute atomic E-state index is 0.797. The third-order valence-corrected chi connectivity index (χ3v) is 5.24. The number of likely N-dealkylation sites (tertiary alicyclic amines) is 1.